The second-order valence-electron chi connectivity index (χ2n) is 4.99. The van der Waals surface area contributed by atoms with Crippen LogP contribution in [0.2, 0.25) is 0 Å². The summed E-state index contributed by atoms with van der Waals surface area (Å²) in [5.74, 6) is -2.47. The van der Waals surface area contributed by atoms with E-state index in [4.69, 9.17) is 4.74 Å². The fourth-order valence-electron chi connectivity index (χ4n) is 2.29. The van der Waals surface area contributed by atoms with E-state index in [-0.39, 0.29) is 12.8 Å². The summed E-state index contributed by atoms with van der Waals surface area (Å²) >= 11 is 3.48. The van der Waals surface area contributed by atoms with Crippen LogP contribution in [0.3, 0.4) is 0 Å². The number of hydrogen-bond donors (Lipinski definition) is 0. The molecule has 1 heterocycles. The van der Waals surface area contributed by atoms with Gasteiger partial charge >= 0.3 is 0 Å². The van der Waals surface area contributed by atoms with Gasteiger partial charge in [0.2, 0.25) is 0 Å². The van der Waals surface area contributed by atoms with E-state index < -0.39 is 5.92 Å². The van der Waals surface area contributed by atoms with Gasteiger partial charge in [0.25, 0.3) is 5.92 Å². The van der Waals surface area contributed by atoms with Gasteiger partial charge in [0.05, 0.1) is 6.61 Å². The third-order valence-corrected chi connectivity index (χ3v) is 4.18. The van der Waals surface area contributed by atoms with Crippen molar-refractivity contribution >= 4 is 15.9 Å². The highest BCUT2D eigenvalue weighted by Gasteiger charge is 2.33. The molecule has 1 aromatic carbocycles. The molecular weight excluding hydrogens is 316 g/mol. The standard InChI is InChI=1S/C14H18BrF2NO/c1-19-10-12-8-11(2-3-13(12)15)9-18-6-4-14(16,17)5-7-18/h2-3,8H,4-7,9-10H2,1H3. The van der Waals surface area contributed by atoms with Crippen LogP contribution >= 0.6 is 15.9 Å². The van der Waals surface area contributed by atoms with Crippen LogP contribution in [0.25, 0.3) is 0 Å². The van der Waals surface area contributed by atoms with Crippen molar-refractivity contribution in [2.75, 3.05) is 20.2 Å². The van der Waals surface area contributed by atoms with Crippen molar-refractivity contribution in [2.45, 2.75) is 31.9 Å². The molecule has 0 radical (unpaired) electrons. The summed E-state index contributed by atoms with van der Waals surface area (Å²) in [4.78, 5) is 2.08. The van der Waals surface area contributed by atoms with Crippen LogP contribution in [-0.2, 0) is 17.9 Å². The Labute approximate surface area is 120 Å². The van der Waals surface area contributed by atoms with E-state index in [1.807, 2.05) is 12.1 Å². The Hall–Kier alpha value is -0.520. The average Bonchev–Trinajstić information content (AvgIpc) is 2.36. The maximum atomic E-state index is 13.1. The van der Waals surface area contributed by atoms with Crippen LogP contribution in [-0.4, -0.2) is 31.0 Å². The van der Waals surface area contributed by atoms with Crippen LogP contribution in [0, 0.1) is 0 Å². The summed E-state index contributed by atoms with van der Waals surface area (Å²) in [6.45, 7) is 2.19. The van der Waals surface area contributed by atoms with Gasteiger partial charge in [0.15, 0.2) is 0 Å². The lowest BCUT2D eigenvalue weighted by Crippen LogP contribution is -2.38. The molecule has 1 aromatic rings. The minimum Gasteiger partial charge on any atom is -0.380 e. The van der Waals surface area contributed by atoms with Gasteiger partial charge < -0.3 is 4.74 Å². The SMILES string of the molecule is COCc1cc(CN2CCC(F)(F)CC2)ccc1Br. The molecule has 1 aliphatic heterocycles. The number of methoxy groups -OCH3 is 1. The van der Waals surface area contributed by atoms with Crippen LogP contribution in [0.4, 0.5) is 8.78 Å². The molecule has 1 fully saturated rings. The van der Waals surface area contributed by atoms with Crippen molar-refractivity contribution < 1.29 is 13.5 Å². The number of hydrogen-bond acceptors (Lipinski definition) is 2. The van der Waals surface area contributed by atoms with Gasteiger partial charge in [-0.2, -0.15) is 0 Å². The number of halogens is 3. The summed E-state index contributed by atoms with van der Waals surface area (Å²) in [6.07, 6.45) is -0.0666. The van der Waals surface area contributed by atoms with E-state index in [0.717, 1.165) is 22.1 Å². The van der Waals surface area contributed by atoms with Gasteiger partial charge in [-0.05, 0) is 17.2 Å². The van der Waals surface area contributed by atoms with Gasteiger partial charge in [-0.15, -0.1) is 0 Å². The molecule has 5 heteroatoms. The first-order valence-electron chi connectivity index (χ1n) is 6.36. The number of likely N-dealkylation sites (tertiary alicyclic amines) is 1. The molecule has 1 saturated heterocycles. The van der Waals surface area contributed by atoms with Crippen LogP contribution in [0.1, 0.15) is 24.0 Å². The molecule has 1 aliphatic rings. The molecule has 0 spiro atoms. The second-order valence-corrected chi connectivity index (χ2v) is 5.85. The number of alkyl halides is 2. The third-order valence-electron chi connectivity index (χ3n) is 3.40. The minimum absolute atomic E-state index is 0.0333. The van der Waals surface area contributed by atoms with E-state index in [1.165, 1.54) is 0 Å². The normalized spacial score (nSPS) is 19.6. The molecule has 0 amide bonds. The predicted molar refractivity (Wildman–Crippen MR) is 74.3 cm³/mol. The Morgan fingerprint density at radius 1 is 1.32 bits per heavy atom. The Balaban J connectivity index is 1.98. The predicted octanol–water partition coefficient (Wildman–Crippen LogP) is 3.83. The molecule has 0 aromatic heterocycles. The third kappa shape index (κ3) is 4.23. The first-order valence-corrected chi connectivity index (χ1v) is 7.16. The van der Waals surface area contributed by atoms with Gasteiger partial charge in [0.1, 0.15) is 0 Å². The van der Waals surface area contributed by atoms with Crippen LogP contribution < -0.4 is 0 Å². The maximum absolute atomic E-state index is 13.1. The molecule has 0 aliphatic carbocycles. The van der Waals surface area contributed by atoms with Gasteiger partial charge in [0, 0.05) is 44.1 Å². The second kappa shape index (κ2) is 6.29. The van der Waals surface area contributed by atoms with Crippen molar-refractivity contribution in [3.05, 3.63) is 33.8 Å². The summed E-state index contributed by atoms with van der Waals surface area (Å²) in [5.41, 5.74) is 2.22. The zero-order valence-corrected chi connectivity index (χ0v) is 12.6. The Morgan fingerprint density at radius 2 is 2.00 bits per heavy atom. The lowest BCUT2D eigenvalue weighted by molar-refractivity contribution is -0.0566. The number of benzene rings is 1. The molecule has 2 nitrogen and oxygen atoms in total. The zero-order valence-electron chi connectivity index (χ0n) is 11.0. The zero-order chi connectivity index (χ0) is 13.9. The maximum Gasteiger partial charge on any atom is 0.250 e. The number of piperidine rings is 1. The molecule has 0 bridgehead atoms. The molecule has 19 heavy (non-hydrogen) atoms. The first-order chi connectivity index (χ1) is 9.00. The van der Waals surface area contributed by atoms with Crippen molar-refractivity contribution in [2.24, 2.45) is 0 Å². The van der Waals surface area contributed by atoms with Crippen molar-refractivity contribution in [3.8, 4) is 0 Å². The van der Waals surface area contributed by atoms with Crippen molar-refractivity contribution in [3.63, 3.8) is 0 Å². The summed E-state index contributed by atoms with van der Waals surface area (Å²) in [6, 6.07) is 6.08. The van der Waals surface area contributed by atoms with Crippen molar-refractivity contribution in [1.29, 1.82) is 0 Å². The fourth-order valence-corrected chi connectivity index (χ4v) is 2.65. The lowest BCUT2D eigenvalue weighted by Gasteiger charge is -2.31. The van der Waals surface area contributed by atoms with E-state index in [0.29, 0.717) is 19.7 Å². The van der Waals surface area contributed by atoms with Gasteiger partial charge in [-0.1, -0.05) is 28.1 Å². The van der Waals surface area contributed by atoms with Gasteiger partial charge in [-0.3, -0.25) is 4.90 Å². The Bertz CT molecular complexity index is 429. The fraction of sp³-hybridized carbons (Fsp3) is 0.571. The summed E-state index contributed by atoms with van der Waals surface area (Å²) in [7, 11) is 1.66. The number of ether oxygens (including phenoxy) is 1. The molecule has 106 valence electrons. The molecule has 2 rings (SSSR count). The monoisotopic (exact) mass is 333 g/mol. The molecular formula is C14H18BrF2NO. The van der Waals surface area contributed by atoms with E-state index in [2.05, 4.69) is 26.9 Å². The first kappa shape index (κ1) is 14.9. The lowest BCUT2D eigenvalue weighted by atomic mass is 10.1. The largest absolute Gasteiger partial charge is 0.380 e. The summed E-state index contributed by atoms with van der Waals surface area (Å²) < 4.78 is 32.3. The summed E-state index contributed by atoms with van der Waals surface area (Å²) in [5, 5.41) is 0. The van der Waals surface area contributed by atoms with Crippen LogP contribution in [0.5, 0.6) is 0 Å². The highest BCUT2D eigenvalue weighted by Crippen LogP contribution is 2.28. The quantitative estimate of drug-likeness (QED) is 0.830. The smallest absolute Gasteiger partial charge is 0.250 e. The highest BCUT2D eigenvalue weighted by molar-refractivity contribution is 9.10. The minimum atomic E-state index is -2.47. The molecule has 0 saturated carbocycles. The van der Waals surface area contributed by atoms with E-state index in [1.54, 1.807) is 7.11 Å². The van der Waals surface area contributed by atoms with E-state index in [9.17, 15) is 8.78 Å². The van der Waals surface area contributed by atoms with Crippen molar-refractivity contribution in [1.82, 2.24) is 4.90 Å². The Kier molecular flexibility index (Phi) is 4.92. The molecule has 0 atom stereocenters. The topological polar surface area (TPSA) is 12.5 Å². The van der Waals surface area contributed by atoms with Crippen LogP contribution in [0.15, 0.2) is 22.7 Å². The van der Waals surface area contributed by atoms with E-state index >= 15 is 0 Å². The average molecular weight is 334 g/mol. The molecule has 0 unspecified atom stereocenters. The number of rotatable bonds is 4. The molecule has 0 N–H and O–H groups in total. The number of nitrogens with zero attached hydrogens (tertiary/aromatic N) is 1. The highest BCUT2D eigenvalue weighted by atomic mass is 79.9. The van der Waals surface area contributed by atoms with Gasteiger partial charge in [-0.25, -0.2) is 8.78 Å². The Morgan fingerprint density at radius 3 is 2.63 bits per heavy atom.